The normalized spacial score (nSPS) is 19.9. The van der Waals surface area contributed by atoms with Crippen molar-refractivity contribution in [2.24, 2.45) is 0 Å². The molecule has 1 aliphatic heterocycles. The van der Waals surface area contributed by atoms with E-state index >= 15 is 0 Å². The molecule has 1 amide bonds. The summed E-state index contributed by atoms with van der Waals surface area (Å²) < 4.78 is 37.6. The summed E-state index contributed by atoms with van der Waals surface area (Å²) in [6, 6.07) is 4.78. The van der Waals surface area contributed by atoms with Gasteiger partial charge < -0.3 is 9.47 Å². The van der Waals surface area contributed by atoms with Gasteiger partial charge in [0.05, 0.1) is 18.1 Å². The maximum atomic E-state index is 12.4. The molecular formula is C15H19NO5S. The minimum Gasteiger partial charge on any atom is -0.372 e. The molecule has 0 unspecified atom stereocenters. The minimum atomic E-state index is -3.90. The predicted octanol–water partition coefficient (Wildman–Crippen LogP) is 1.48. The van der Waals surface area contributed by atoms with Crippen LogP contribution in [0.25, 0.3) is 0 Å². The van der Waals surface area contributed by atoms with Crippen LogP contribution in [0.3, 0.4) is 0 Å². The predicted molar refractivity (Wildman–Crippen MR) is 78.5 cm³/mol. The highest BCUT2D eigenvalue weighted by Gasteiger charge is 2.43. The number of rotatable bonds is 4. The van der Waals surface area contributed by atoms with Crippen molar-refractivity contribution >= 4 is 15.9 Å². The van der Waals surface area contributed by atoms with E-state index in [-0.39, 0.29) is 4.90 Å². The Bertz CT molecular complexity index is 692. The van der Waals surface area contributed by atoms with Crippen LogP contribution in [-0.4, -0.2) is 27.0 Å². The summed E-state index contributed by atoms with van der Waals surface area (Å²) in [7, 11) is -2.45. The zero-order valence-electron chi connectivity index (χ0n) is 12.4. The van der Waals surface area contributed by atoms with Crippen LogP contribution in [0.15, 0.2) is 23.1 Å². The van der Waals surface area contributed by atoms with E-state index in [1.165, 1.54) is 13.2 Å². The van der Waals surface area contributed by atoms with E-state index in [0.717, 1.165) is 24.0 Å². The van der Waals surface area contributed by atoms with E-state index in [0.29, 0.717) is 26.1 Å². The van der Waals surface area contributed by atoms with Gasteiger partial charge in [0.2, 0.25) is 0 Å². The van der Waals surface area contributed by atoms with Crippen molar-refractivity contribution in [1.82, 2.24) is 4.72 Å². The van der Waals surface area contributed by atoms with E-state index in [2.05, 4.69) is 4.72 Å². The average molecular weight is 325 g/mol. The Morgan fingerprint density at radius 3 is 2.59 bits per heavy atom. The molecule has 0 aromatic heterocycles. The van der Waals surface area contributed by atoms with E-state index in [4.69, 9.17) is 9.47 Å². The first kappa shape index (κ1) is 15.5. The molecule has 2 aliphatic rings. The number of hydrogen-bond donors (Lipinski definition) is 1. The molecule has 120 valence electrons. The lowest BCUT2D eigenvalue weighted by Gasteiger charge is -2.25. The lowest BCUT2D eigenvalue weighted by molar-refractivity contribution is -0.140. The Balaban J connectivity index is 1.83. The number of hydrogen-bond acceptors (Lipinski definition) is 5. The van der Waals surface area contributed by atoms with Crippen molar-refractivity contribution in [3.8, 4) is 0 Å². The average Bonchev–Trinajstić information content (AvgIpc) is 3.15. The van der Waals surface area contributed by atoms with Gasteiger partial charge in [0.25, 0.3) is 15.9 Å². The van der Waals surface area contributed by atoms with E-state index in [1.807, 2.05) is 0 Å². The summed E-state index contributed by atoms with van der Waals surface area (Å²) >= 11 is 0. The van der Waals surface area contributed by atoms with Gasteiger partial charge in [-0.3, -0.25) is 4.79 Å². The van der Waals surface area contributed by atoms with Crippen LogP contribution in [0.1, 0.15) is 36.8 Å². The molecule has 6 nitrogen and oxygen atoms in total. The van der Waals surface area contributed by atoms with Crippen LogP contribution in [-0.2, 0) is 37.5 Å². The standard InChI is InChI=1S/C15H19NO5S/c1-20-15(6-2-3-7-15)14(17)16-22(18,19)13-5-4-11-9-21-10-12(11)8-13/h4-5,8H,2-3,6-7,9-10H2,1H3,(H,16,17). The van der Waals surface area contributed by atoms with Gasteiger partial charge in [-0.05, 0) is 48.9 Å². The van der Waals surface area contributed by atoms with Gasteiger partial charge in [0.1, 0.15) is 5.60 Å². The summed E-state index contributed by atoms with van der Waals surface area (Å²) in [5, 5.41) is 0. The zero-order valence-corrected chi connectivity index (χ0v) is 13.2. The molecule has 3 rings (SSSR count). The number of carbonyl (C=O) groups excluding carboxylic acids is 1. The molecule has 0 spiro atoms. The van der Waals surface area contributed by atoms with Gasteiger partial charge in [-0.15, -0.1) is 0 Å². The molecule has 1 aromatic carbocycles. The summed E-state index contributed by atoms with van der Waals surface area (Å²) in [6.07, 6.45) is 2.81. The Kier molecular flexibility index (Phi) is 3.96. The highest BCUT2D eigenvalue weighted by atomic mass is 32.2. The van der Waals surface area contributed by atoms with Crippen molar-refractivity contribution in [3.05, 3.63) is 29.3 Å². The summed E-state index contributed by atoms with van der Waals surface area (Å²) in [4.78, 5) is 12.5. The number of carbonyl (C=O) groups is 1. The lowest BCUT2D eigenvalue weighted by atomic mass is 10.0. The largest absolute Gasteiger partial charge is 0.372 e. The van der Waals surface area contributed by atoms with Gasteiger partial charge >= 0.3 is 0 Å². The highest BCUT2D eigenvalue weighted by Crippen LogP contribution is 2.33. The smallest absolute Gasteiger partial charge is 0.265 e. The quantitative estimate of drug-likeness (QED) is 0.907. The first-order valence-corrected chi connectivity index (χ1v) is 8.77. The first-order chi connectivity index (χ1) is 10.5. The first-order valence-electron chi connectivity index (χ1n) is 7.29. The SMILES string of the molecule is COC1(C(=O)NS(=O)(=O)c2ccc3c(c2)COC3)CCCC1. The molecule has 0 atom stereocenters. The highest BCUT2D eigenvalue weighted by molar-refractivity contribution is 7.90. The molecule has 1 fully saturated rings. The maximum Gasteiger partial charge on any atom is 0.265 e. The molecule has 22 heavy (non-hydrogen) atoms. The Labute approximate surface area is 129 Å². The lowest BCUT2D eigenvalue weighted by Crippen LogP contribution is -2.48. The van der Waals surface area contributed by atoms with Crippen molar-refractivity contribution < 1.29 is 22.7 Å². The topological polar surface area (TPSA) is 81.7 Å². The fraction of sp³-hybridized carbons (Fsp3) is 0.533. The Morgan fingerprint density at radius 1 is 1.23 bits per heavy atom. The number of benzene rings is 1. The van der Waals surface area contributed by atoms with Crippen LogP contribution in [0, 0.1) is 0 Å². The third-order valence-electron chi connectivity index (χ3n) is 4.45. The van der Waals surface area contributed by atoms with Crippen LogP contribution in [0.2, 0.25) is 0 Å². The van der Waals surface area contributed by atoms with Crippen molar-refractivity contribution in [2.75, 3.05) is 7.11 Å². The van der Waals surface area contributed by atoms with Crippen molar-refractivity contribution in [2.45, 2.75) is 49.4 Å². The number of sulfonamides is 1. The van der Waals surface area contributed by atoms with Gasteiger partial charge in [-0.2, -0.15) is 0 Å². The van der Waals surface area contributed by atoms with Crippen molar-refractivity contribution in [3.63, 3.8) is 0 Å². The zero-order chi connectivity index (χ0) is 15.8. The summed E-state index contributed by atoms with van der Waals surface area (Å²) in [6.45, 7) is 0.892. The molecular weight excluding hydrogens is 306 g/mol. The number of amides is 1. The van der Waals surface area contributed by atoms with Gasteiger partial charge in [-0.25, -0.2) is 13.1 Å². The number of methoxy groups -OCH3 is 1. The van der Waals surface area contributed by atoms with Crippen molar-refractivity contribution in [1.29, 1.82) is 0 Å². The second kappa shape index (κ2) is 5.64. The Morgan fingerprint density at radius 2 is 1.91 bits per heavy atom. The number of fused-ring (bicyclic) bond motifs is 1. The second-order valence-corrected chi connectivity index (χ2v) is 7.45. The fourth-order valence-electron chi connectivity index (χ4n) is 3.06. The van der Waals surface area contributed by atoms with Crippen LogP contribution >= 0.6 is 0 Å². The van der Waals surface area contributed by atoms with E-state index < -0.39 is 21.5 Å². The molecule has 7 heteroatoms. The Hall–Kier alpha value is -1.44. The van der Waals surface area contributed by atoms with E-state index in [9.17, 15) is 13.2 Å². The fourth-order valence-corrected chi connectivity index (χ4v) is 4.15. The monoisotopic (exact) mass is 325 g/mol. The van der Waals surface area contributed by atoms with E-state index in [1.54, 1.807) is 12.1 Å². The molecule has 1 N–H and O–H groups in total. The molecule has 1 aliphatic carbocycles. The van der Waals surface area contributed by atoms with Gasteiger partial charge in [0, 0.05) is 7.11 Å². The molecule has 1 aromatic rings. The summed E-state index contributed by atoms with van der Waals surface area (Å²) in [5.74, 6) is -0.579. The minimum absolute atomic E-state index is 0.0781. The number of nitrogens with one attached hydrogen (secondary N) is 1. The molecule has 0 saturated heterocycles. The second-order valence-electron chi connectivity index (χ2n) is 5.76. The maximum absolute atomic E-state index is 12.4. The summed E-state index contributed by atoms with van der Waals surface area (Å²) in [5.41, 5.74) is 0.805. The molecule has 0 radical (unpaired) electrons. The molecule has 1 saturated carbocycles. The van der Waals surface area contributed by atoms with Gasteiger partial charge in [-0.1, -0.05) is 6.07 Å². The van der Waals surface area contributed by atoms with Crippen LogP contribution < -0.4 is 4.72 Å². The third-order valence-corrected chi connectivity index (χ3v) is 5.77. The van der Waals surface area contributed by atoms with Crippen LogP contribution in [0.5, 0.6) is 0 Å². The third kappa shape index (κ3) is 2.64. The van der Waals surface area contributed by atoms with Crippen LogP contribution in [0.4, 0.5) is 0 Å². The van der Waals surface area contributed by atoms with Gasteiger partial charge in [0.15, 0.2) is 0 Å². The number of ether oxygens (including phenoxy) is 2. The molecule has 1 heterocycles. The molecule has 0 bridgehead atoms.